The average molecular weight is 1900 g/mol. The average Bonchev–Trinajstić information content (AvgIpc) is 1.55. The number of benzene rings is 21. The van der Waals surface area contributed by atoms with Crippen molar-refractivity contribution in [1.29, 1.82) is 0 Å². The van der Waals surface area contributed by atoms with E-state index >= 15 is 0 Å². The van der Waals surface area contributed by atoms with Gasteiger partial charge in [-0.25, -0.2) is 29.9 Å². The van der Waals surface area contributed by atoms with Gasteiger partial charge in [-0.2, -0.15) is 0 Å². The van der Waals surface area contributed by atoms with Crippen molar-refractivity contribution >= 4 is 239 Å². The predicted molar refractivity (Wildman–Crippen MR) is 608 cm³/mol. The van der Waals surface area contributed by atoms with Gasteiger partial charge in [-0.1, -0.05) is 309 Å². The largest absolute Gasteiger partial charge is 0.456 e. The first-order valence-corrected chi connectivity index (χ1v) is 50.3. The highest BCUT2D eigenvalue weighted by molar-refractivity contribution is 7.25. The molecule has 21 aromatic carbocycles. The summed E-state index contributed by atoms with van der Waals surface area (Å²) >= 11 is 1.87. The second-order valence-corrected chi connectivity index (χ2v) is 39.0. The van der Waals surface area contributed by atoms with Crippen LogP contribution < -0.4 is 0 Å². The van der Waals surface area contributed by atoms with Gasteiger partial charge in [0.05, 0.1) is 99.8 Å². The molecule has 0 spiro atoms. The fourth-order valence-electron chi connectivity index (χ4n) is 23.2. The maximum Gasteiger partial charge on any atom is 0.235 e. The number of thiophene rings is 1. The standard InChI is InChI=1S/2C44H26N4O.C44H26N4S/c1-3-13-27(14-4-1)43-31-19-7-10-20-36(31)45-44(46-43)48-37-21-11-8-17-29(37)32-23-33-34-25-42-35(30-18-9-12-22-41(30)49-42)24-38(34)47(39(33)26-40(32)48)28-15-5-2-6-16-28;1-3-13-27(14-4-1)43-31-19-7-10-20-36(31)45-44(46-43)48-38-24-35-30-18-9-12-22-41(30)49-42(35)25-34(38)33-23-32-29-17-8-11-21-37(29)47(39(32)26-40(33)48)28-15-5-2-6-16-28;1-3-13-27(14-4-1)43-31-19-7-10-20-36(31)45-44(46-43)48-37-21-11-8-17-29(37)32-23-33-34-25-42-35(30-18-9-12-22-41(30)49-42)24-38(34)47(39(33)26-40(32)48)28-15-5-2-6-16-28/h3*1-26H. The number of aromatic nitrogens is 12. The molecule has 0 bridgehead atoms. The van der Waals surface area contributed by atoms with Crippen molar-refractivity contribution in [3.8, 4) is 68.7 Å². The molecule has 0 amide bonds. The summed E-state index contributed by atoms with van der Waals surface area (Å²) in [4.78, 5) is 31.7. The summed E-state index contributed by atoms with van der Waals surface area (Å²) in [6, 6.07) is 167. The summed E-state index contributed by atoms with van der Waals surface area (Å²) in [5.41, 5.74) is 28.8. The summed E-state index contributed by atoms with van der Waals surface area (Å²) in [7, 11) is 0. The Labute approximate surface area is 840 Å². The molecule has 0 N–H and O–H groups in total. The molecule has 14 nitrogen and oxygen atoms in total. The maximum absolute atomic E-state index is 6.43. The highest BCUT2D eigenvalue weighted by Gasteiger charge is 2.29. The maximum atomic E-state index is 6.43. The lowest BCUT2D eigenvalue weighted by Gasteiger charge is -2.12. The number of hydrogen-bond acceptors (Lipinski definition) is 9. The molecule has 0 unspecified atom stereocenters. The number of hydrogen-bond donors (Lipinski definition) is 0. The highest BCUT2D eigenvalue weighted by atomic mass is 32.1. The third-order valence-electron chi connectivity index (χ3n) is 29.7. The third kappa shape index (κ3) is 12.7. The topological polar surface area (TPSA) is 133 Å². The lowest BCUT2D eigenvalue weighted by molar-refractivity contribution is 0.669. The van der Waals surface area contributed by atoms with Crippen LogP contribution in [0, 0.1) is 0 Å². The van der Waals surface area contributed by atoms with Crippen LogP contribution in [0.3, 0.4) is 0 Å². The molecule has 12 aromatic heterocycles. The molecule has 0 aliphatic carbocycles. The Morgan fingerprint density at radius 3 is 0.796 bits per heavy atom. The number of fused-ring (bicyclic) bond motifs is 30. The summed E-state index contributed by atoms with van der Waals surface area (Å²) in [6.07, 6.45) is 0. The van der Waals surface area contributed by atoms with Gasteiger partial charge >= 0.3 is 0 Å². The van der Waals surface area contributed by atoms with Crippen LogP contribution in [0.4, 0.5) is 0 Å². The van der Waals surface area contributed by atoms with Gasteiger partial charge in [0.25, 0.3) is 0 Å². The molecule has 0 fully saturated rings. The van der Waals surface area contributed by atoms with Crippen LogP contribution in [0.2, 0.25) is 0 Å². The third-order valence-corrected chi connectivity index (χ3v) is 30.9. The Balaban J connectivity index is 0.0000000999. The molecule has 33 aromatic rings. The second kappa shape index (κ2) is 32.4. The van der Waals surface area contributed by atoms with Crippen molar-refractivity contribution in [3.63, 3.8) is 0 Å². The first-order chi connectivity index (χ1) is 72.9. The van der Waals surface area contributed by atoms with E-state index in [0.29, 0.717) is 17.8 Å². The van der Waals surface area contributed by atoms with Crippen molar-refractivity contribution in [3.05, 3.63) is 473 Å². The first kappa shape index (κ1) is 82.0. The van der Waals surface area contributed by atoms with Gasteiger partial charge < -0.3 is 22.5 Å². The normalized spacial score (nSPS) is 12.1. The summed E-state index contributed by atoms with van der Waals surface area (Å²) in [6.45, 7) is 0. The minimum Gasteiger partial charge on any atom is -0.456 e. The SMILES string of the molecule is c1ccc(-c2nc(-n3c4cc5c(cc4c4cc6c7ccccc7n(-c7ccccc7)c6cc43)oc3ccccc35)nc3ccccc23)cc1.c1ccc(-c2nc(-n3c4ccccc4c4cc5c6cc7oc8ccccc8c7cc6n(-c6ccccc6)c5cc43)nc3ccccc23)cc1.c1ccc(-c2nc(-n3c4ccccc4c4cc5c6cc7sc8ccccc8c7cc6n(-c6ccccc6)c5cc43)nc3ccccc23)cc1. The number of nitrogens with zero attached hydrogens (tertiary/aromatic N) is 12. The summed E-state index contributed by atoms with van der Waals surface area (Å²) in [5.74, 6) is 1.94. The molecule has 0 saturated heterocycles. The Kier molecular flexibility index (Phi) is 18.1. The van der Waals surface area contributed by atoms with Crippen LogP contribution in [0.25, 0.3) is 296 Å². The number of furan rings is 2. The Bertz CT molecular complexity index is 10900. The van der Waals surface area contributed by atoms with E-state index in [1.165, 1.54) is 68.9 Å². The molecule has 0 atom stereocenters. The van der Waals surface area contributed by atoms with E-state index in [9.17, 15) is 0 Å². The predicted octanol–water partition coefficient (Wildman–Crippen LogP) is 34.6. The monoisotopic (exact) mass is 1890 g/mol. The van der Waals surface area contributed by atoms with E-state index in [1.54, 1.807) is 0 Å². The van der Waals surface area contributed by atoms with Crippen molar-refractivity contribution in [2.75, 3.05) is 0 Å². The van der Waals surface area contributed by atoms with E-state index in [2.05, 4.69) is 446 Å². The molecule has 684 valence electrons. The van der Waals surface area contributed by atoms with Crippen LogP contribution in [-0.2, 0) is 0 Å². The van der Waals surface area contributed by atoms with Crippen molar-refractivity contribution in [2.24, 2.45) is 0 Å². The van der Waals surface area contributed by atoms with Gasteiger partial charge in [0.1, 0.15) is 22.3 Å². The van der Waals surface area contributed by atoms with Gasteiger partial charge in [0.15, 0.2) is 0 Å². The quantitative estimate of drug-likeness (QED) is 0.139. The molecule has 0 saturated carbocycles. The minimum absolute atomic E-state index is 0.631. The molecule has 33 rings (SSSR count). The van der Waals surface area contributed by atoms with E-state index in [1.807, 2.05) is 65.9 Å². The molecular weight excluding hydrogens is 1820 g/mol. The van der Waals surface area contributed by atoms with Crippen molar-refractivity contribution < 1.29 is 8.83 Å². The summed E-state index contributed by atoms with van der Waals surface area (Å²) in [5, 5.41) is 24.2. The van der Waals surface area contributed by atoms with Crippen molar-refractivity contribution in [2.45, 2.75) is 0 Å². The highest BCUT2D eigenvalue weighted by Crippen LogP contribution is 2.50. The Morgan fingerprint density at radius 2 is 0.408 bits per heavy atom. The van der Waals surface area contributed by atoms with Gasteiger partial charge in [0.2, 0.25) is 17.8 Å². The van der Waals surface area contributed by atoms with Gasteiger partial charge in [0, 0.05) is 156 Å². The molecule has 12 heterocycles. The van der Waals surface area contributed by atoms with Crippen LogP contribution in [0.5, 0.6) is 0 Å². The number of para-hydroxylation sites is 11. The first-order valence-electron chi connectivity index (χ1n) is 49.5. The zero-order valence-corrected chi connectivity index (χ0v) is 79.4. The fraction of sp³-hybridized carbons (Fsp3) is 0. The van der Waals surface area contributed by atoms with E-state index in [-0.39, 0.29) is 0 Å². The molecule has 0 aliphatic heterocycles. The molecule has 0 aliphatic rings. The smallest absolute Gasteiger partial charge is 0.235 e. The zero-order valence-electron chi connectivity index (χ0n) is 78.6. The van der Waals surface area contributed by atoms with E-state index < -0.39 is 0 Å². The molecule has 15 heteroatoms. The lowest BCUT2D eigenvalue weighted by Crippen LogP contribution is -2.03. The van der Waals surface area contributed by atoms with E-state index in [0.717, 1.165) is 210 Å². The lowest BCUT2D eigenvalue weighted by atomic mass is 10.1. The van der Waals surface area contributed by atoms with Crippen molar-refractivity contribution in [1.82, 2.24) is 57.3 Å². The van der Waals surface area contributed by atoms with Crippen LogP contribution in [-0.4, -0.2) is 57.3 Å². The summed E-state index contributed by atoms with van der Waals surface area (Å²) < 4.78 is 29.4. The van der Waals surface area contributed by atoms with Crippen LogP contribution in [0.1, 0.15) is 0 Å². The van der Waals surface area contributed by atoms with Gasteiger partial charge in [-0.05, 0) is 164 Å². The van der Waals surface area contributed by atoms with Crippen LogP contribution >= 0.6 is 11.3 Å². The molecule has 147 heavy (non-hydrogen) atoms. The number of rotatable bonds is 9. The van der Waals surface area contributed by atoms with E-state index in [4.69, 9.17) is 38.7 Å². The second-order valence-electron chi connectivity index (χ2n) is 37.9. The minimum atomic E-state index is 0.631. The van der Waals surface area contributed by atoms with Crippen LogP contribution in [0.15, 0.2) is 482 Å². The zero-order chi connectivity index (χ0) is 96.2. The molecule has 0 radical (unpaired) electrons. The Hall–Kier alpha value is -19.7. The van der Waals surface area contributed by atoms with Gasteiger partial charge in [-0.3, -0.25) is 13.7 Å². The Morgan fingerprint density at radius 1 is 0.150 bits per heavy atom. The fourth-order valence-corrected chi connectivity index (χ4v) is 24.4. The molecular formula is C132H78N12O2S. The van der Waals surface area contributed by atoms with Gasteiger partial charge in [-0.15, -0.1) is 11.3 Å².